The number of pyridine rings is 1. The Kier molecular flexibility index (Phi) is 3.14. The molecule has 3 aromatic rings. The van der Waals surface area contributed by atoms with E-state index in [4.69, 9.17) is 0 Å². The van der Waals surface area contributed by atoms with E-state index in [-0.39, 0.29) is 0 Å². The van der Waals surface area contributed by atoms with Crippen LogP contribution >= 0.6 is 11.8 Å². The normalized spacial score (nSPS) is 12.7. The molecule has 0 aliphatic rings. The van der Waals surface area contributed by atoms with Gasteiger partial charge in [-0.05, 0) is 19.1 Å². The third-order valence-electron chi connectivity index (χ3n) is 2.59. The van der Waals surface area contributed by atoms with Crippen LogP contribution in [0, 0.1) is 0 Å². The molecule has 0 fully saturated rings. The highest BCUT2D eigenvalue weighted by molar-refractivity contribution is 7.99. The number of hydrogen-bond donors (Lipinski definition) is 2. The fraction of sp³-hybridized carbons (Fsp3) is 0.167. The summed E-state index contributed by atoms with van der Waals surface area (Å²) in [5, 5.41) is 10.2. The summed E-state index contributed by atoms with van der Waals surface area (Å²) >= 11 is 1.48. The highest BCUT2D eigenvalue weighted by Crippen LogP contribution is 2.29. The maximum absolute atomic E-state index is 9.41. The second-order valence-electron chi connectivity index (χ2n) is 3.98. The van der Waals surface area contributed by atoms with Gasteiger partial charge in [0.1, 0.15) is 16.9 Å². The third kappa shape index (κ3) is 2.42. The van der Waals surface area contributed by atoms with Gasteiger partial charge in [0.25, 0.3) is 0 Å². The van der Waals surface area contributed by atoms with Crippen LogP contribution in [0.3, 0.4) is 0 Å². The zero-order chi connectivity index (χ0) is 13.2. The summed E-state index contributed by atoms with van der Waals surface area (Å²) in [6.45, 7) is 1.69. The van der Waals surface area contributed by atoms with Crippen molar-refractivity contribution in [1.82, 2.24) is 24.9 Å². The first-order valence-electron chi connectivity index (χ1n) is 5.70. The molecule has 0 bridgehead atoms. The lowest BCUT2D eigenvalue weighted by Gasteiger charge is -2.05. The molecule has 0 saturated carbocycles. The predicted molar refractivity (Wildman–Crippen MR) is 70.7 cm³/mol. The number of H-pyrrole nitrogens is 1. The number of aliphatic hydroxyl groups is 1. The van der Waals surface area contributed by atoms with Gasteiger partial charge in [0.05, 0.1) is 18.1 Å². The molecule has 0 spiro atoms. The molecule has 0 aliphatic heterocycles. The van der Waals surface area contributed by atoms with Crippen LogP contribution in [0.15, 0.2) is 40.9 Å². The van der Waals surface area contributed by atoms with E-state index in [1.807, 2.05) is 6.07 Å². The smallest absolute Gasteiger partial charge is 0.181 e. The SMILES string of the molecule is C[C@@H](O)c1ccc(Sc2ncnc3nc[nH]c23)cn1. The molecule has 2 N–H and O–H groups in total. The van der Waals surface area contributed by atoms with Gasteiger partial charge in [-0.1, -0.05) is 11.8 Å². The second-order valence-corrected chi connectivity index (χ2v) is 5.04. The standard InChI is InChI=1S/C12H11N5OS/c1-7(18)9-3-2-8(4-13-9)19-12-10-11(15-5-14-10)16-6-17-12/h2-7,18H,1H3,(H,14,15,16,17)/t7-/m1/s1. The van der Waals surface area contributed by atoms with Crippen LogP contribution in [0.25, 0.3) is 11.2 Å². The van der Waals surface area contributed by atoms with Crippen molar-refractivity contribution in [3.05, 3.63) is 36.7 Å². The van der Waals surface area contributed by atoms with Crippen LogP contribution < -0.4 is 0 Å². The topological polar surface area (TPSA) is 87.6 Å². The minimum absolute atomic E-state index is 0.558. The zero-order valence-electron chi connectivity index (χ0n) is 10.1. The summed E-state index contributed by atoms with van der Waals surface area (Å²) in [7, 11) is 0. The summed E-state index contributed by atoms with van der Waals surface area (Å²) in [4.78, 5) is 20.6. The molecule has 3 rings (SSSR count). The van der Waals surface area contributed by atoms with Gasteiger partial charge >= 0.3 is 0 Å². The van der Waals surface area contributed by atoms with Crippen LogP contribution in [-0.2, 0) is 0 Å². The molecule has 7 heteroatoms. The number of nitrogens with one attached hydrogen (secondary N) is 1. The Hall–Kier alpha value is -1.99. The second kappa shape index (κ2) is 4.94. The highest BCUT2D eigenvalue weighted by Gasteiger charge is 2.08. The van der Waals surface area contributed by atoms with E-state index in [0.717, 1.165) is 15.4 Å². The molecule has 3 heterocycles. The van der Waals surface area contributed by atoms with Crippen molar-refractivity contribution in [2.24, 2.45) is 0 Å². The average molecular weight is 273 g/mol. The largest absolute Gasteiger partial charge is 0.387 e. The van der Waals surface area contributed by atoms with Gasteiger partial charge in [0.15, 0.2) is 5.65 Å². The quantitative estimate of drug-likeness (QED) is 0.709. The van der Waals surface area contributed by atoms with Crippen LogP contribution in [0.1, 0.15) is 18.7 Å². The number of aromatic amines is 1. The highest BCUT2D eigenvalue weighted by atomic mass is 32.2. The van der Waals surface area contributed by atoms with E-state index >= 15 is 0 Å². The van der Waals surface area contributed by atoms with E-state index in [2.05, 4.69) is 24.9 Å². The molecule has 0 saturated heterocycles. The van der Waals surface area contributed by atoms with Gasteiger partial charge in [-0.15, -0.1) is 0 Å². The molecule has 0 amide bonds. The van der Waals surface area contributed by atoms with E-state index in [1.165, 1.54) is 18.1 Å². The molecule has 0 aromatic carbocycles. The molecule has 19 heavy (non-hydrogen) atoms. The Morgan fingerprint density at radius 3 is 2.84 bits per heavy atom. The van der Waals surface area contributed by atoms with Crippen molar-refractivity contribution in [2.45, 2.75) is 22.9 Å². The molecular formula is C12H11N5OS. The fourth-order valence-electron chi connectivity index (χ4n) is 1.63. The Bertz CT molecular complexity index is 695. The van der Waals surface area contributed by atoms with Crippen LogP contribution in [0.2, 0.25) is 0 Å². The van der Waals surface area contributed by atoms with Crippen molar-refractivity contribution >= 4 is 22.9 Å². The average Bonchev–Trinajstić information content (AvgIpc) is 2.89. The first-order chi connectivity index (χ1) is 9.24. The van der Waals surface area contributed by atoms with Gasteiger partial charge < -0.3 is 10.1 Å². The number of hydrogen-bond acceptors (Lipinski definition) is 6. The summed E-state index contributed by atoms with van der Waals surface area (Å²) in [6.07, 6.45) is 4.25. The Morgan fingerprint density at radius 1 is 1.21 bits per heavy atom. The van der Waals surface area contributed by atoms with Crippen LogP contribution in [-0.4, -0.2) is 30.0 Å². The van der Waals surface area contributed by atoms with E-state index in [1.54, 1.807) is 25.5 Å². The van der Waals surface area contributed by atoms with Gasteiger partial charge in [-0.25, -0.2) is 15.0 Å². The van der Waals surface area contributed by atoms with Crippen molar-refractivity contribution in [3.63, 3.8) is 0 Å². The first kappa shape index (κ1) is 12.1. The van der Waals surface area contributed by atoms with Crippen LogP contribution in [0.5, 0.6) is 0 Å². The Balaban J connectivity index is 1.90. The number of fused-ring (bicyclic) bond motifs is 1. The van der Waals surface area contributed by atoms with E-state index in [0.29, 0.717) is 11.3 Å². The monoisotopic (exact) mass is 273 g/mol. The molecule has 96 valence electrons. The maximum atomic E-state index is 9.41. The zero-order valence-corrected chi connectivity index (χ0v) is 10.9. The van der Waals surface area contributed by atoms with Crippen molar-refractivity contribution in [1.29, 1.82) is 0 Å². The maximum Gasteiger partial charge on any atom is 0.181 e. The van der Waals surface area contributed by atoms with Crippen molar-refractivity contribution in [3.8, 4) is 0 Å². The van der Waals surface area contributed by atoms with Crippen LogP contribution in [0.4, 0.5) is 0 Å². The molecule has 3 aromatic heterocycles. The number of aromatic nitrogens is 5. The van der Waals surface area contributed by atoms with E-state index < -0.39 is 6.10 Å². The number of nitrogens with zero attached hydrogens (tertiary/aromatic N) is 4. The lowest BCUT2D eigenvalue weighted by Crippen LogP contribution is -1.94. The van der Waals surface area contributed by atoms with Gasteiger partial charge in [0.2, 0.25) is 0 Å². The Labute approximate surface area is 113 Å². The predicted octanol–water partition coefficient (Wildman–Crippen LogP) is 1.95. The number of rotatable bonds is 3. The van der Waals surface area contributed by atoms with Gasteiger partial charge in [-0.2, -0.15) is 0 Å². The van der Waals surface area contributed by atoms with Gasteiger partial charge in [-0.3, -0.25) is 4.98 Å². The minimum Gasteiger partial charge on any atom is -0.387 e. The van der Waals surface area contributed by atoms with Gasteiger partial charge in [0, 0.05) is 11.1 Å². The molecular weight excluding hydrogens is 262 g/mol. The van der Waals surface area contributed by atoms with Crippen molar-refractivity contribution in [2.75, 3.05) is 0 Å². The fourth-order valence-corrected chi connectivity index (χ4v) is 2.45. The lowest BCUT2D eigenvalue weighted by molar-refractivity contribution is 0.194. The minimum atomic E-state index is -0.558. The third-order valence-corrected chi connectivity index (χ3v) is 3.57. The summed E-state index contributed by atoms with van der Waals surface area (Å²) in [5.74, 6) is 0. The summed E-state index contributed by atoms with van der Waals surface area (Å²) in [5.41, 5.74) is 2.11. The molecule has 0 unspecified atom stereocenters. The number of imidazole rings is 1. The first-order valence-corrected chi connectivity index (χ1v) is 6.51. The molecule has 0 radical (unpaired) electrons. The molecule has 1 atom stereocenters. The summed E-state index contributed by atoms with van der Waals surface area (Å²) in [6, 6.07) is 3.71. The summed E-state index contributed by atoms with van der Waals surface area (Å²) < 4.78 is 0. The molecule has 0 aliphatic carbocycles. The lowest BCUT2D eigenvalue weighted by atomic mass is 10.2. The van der Waals surface area contributed by atoms with E-state index in [9.17, 15) is 5.11 Å². The molecule has 6 nitrogen and oxygen atoms in total. The van der Waals surface area contributed by atoms with Crippen molar-refractivity contribution < 1.29 is 5.11 Å². The Morgan fingerprint density at radius 2 is 2.11 bits per heavy atom. The number of aliphatic hydroxyl groups excluding tert-OH is 1.